The van der Waals surface area contributed by atoms with E-state index in [9.17, 15) is 9.59 Å². The highest BCUT2D eigenvalue weighted by atomic mass is 16.2. The number of hydrogen-bond donors (Lipinski definition) is 1. The van der Waals surface area contributed by atoms with Crippen LogP contribution < -0.4 is 11.0 Å². The van der Waals surface area contributed by atoms with Crippen LogP contribution in [0.2, 0.25) is 0 Å². The lowest BCUT2D eigenvalue weighted by atomic mass is 10.2. The molecule has 0 bridgehead atoms. The van der Waals surface area contributed by atoms with Crippen LogP contribution in [0, 0.1) is 5.92 Å². The average Bonchev–Trinajstić information content (AvgIpc) is 3.31. The topological polar surface area (TPSA) is 81.3 Å². The van der Waals surface area contributed by atoms with E-state index in [2.05, 4.69) is 15.4 Å². The molecular formula is C15H15N5O2. The minimum Gasteiger partial charge on any atom is -0.354 e. The van der Waals surface area contributed by atoms with Crippen molar-refractivity contribution < 1.29 is 4.79 Å². The highest BCUT2D eigenvalue weighted by Crippen LogP contribution is 2.27. The Hall–Kier alpha value is -2.70. The molecule has 1 fully saturated rings. The van der Waals surface area contributed by atoms with Gasteiger partial charge in [-0.1, -0.05) is 12.1 Å². The minimum atomic E-state index is -0.352. The molecular weight excluding hydrogens is 282 g/mol. The Morgan fingerprint density at radius 2 is 2.14 bits per heavy atom. The molecule has 1 N–H and O–H groups in total. The van der Waals surface area contributed by atoms with Crippen molar-refractivity contribution in [3.05, 3.63) is 41.1 Å². The fourth-order valence-corrected chi connectivity index (χ4v) is 2.48. The molecule has 4 rings (SSSR count). The summed E-state index contributed by atoms with van der Waals surface area (Å²) in [5.41, 5.74) is 0.936. The molecule has 22 heavy (non-hydrogen) atoms. The minimum absolute atomic E-state index is 0.0679. The van der Waals surface area contributed by atoms with Gasteiger partial charge in [0.15, 0.2) is 5.65 Å². The summed E-state index contributed by atoms with van der Waals surface area (Å²) in [5.74, 6) is 0.421. The third-order valence-electron chi connectivity index (χ3n) is 3.91. The van der Waals surface area contributed by atoms with Crippen molar-refractivity contribution in [2.45, 2.75) is 19.4 Å². The van der Waals surface area contributed by atoms with E-state index in [1.807, 2.05) is 24.3 Å². The Morgan fingerprint density at radius 1 is 1.32 bits per heavy atom. The number of rotatable bonds is 4. The van der Waals surface area contributed by atoms with Crippen molar-refractivity contribution in [2.75, 3.05) is 6.54 Å². The first-order valence-electron chi connectivity index (χ1n) is 7.32. The van der Waals surface area contributed by atoms with Crippen LogP contribution in [0.4, 0.5) is 0 Å². The second kappa shape index (κ2) is 4.94. The van der Waals surface area contributed by atoms with Crippen molar-refractivity contribution in [1.82, 2.24) is 24.5 Å². The van der Waals surface area contributed by atoms with E-state index in [4.69, 9.17) is 0 Å². The third-order valence-corrected chi connectivity index (χ3v) is 3.91. The van der Waals surface area contributed by atoms with E-state index in [0.717, 1.165) is 10.9 Å². The molecule has 1 amide bonds. The first-order chi connectivity index (χ1) is 10.7. The number of aromatic nitrogens is 4. The van der Waals surface area contributed by atoms with Crippen LogP contribution in [0.15, 0.2) is 35.4 Å². The van der Waals surface area contributed by atoms with Gasteiger partial charge in [0.1, 0.15) is 12.9 Å². The first-order valence-corrected chi connectivity index (χ1v) is 7.32. The molecule has 3 aromatic rings. The maximum absolute atomic E-state index is 12.3. The summed E-state index contributed by atoms with van der Waals surface area (Å²) in [6.45, 7) is 0.618. The third kappa shape index (κ3) is 2.24. The van der Waals surface area contributed by atoms with Gasteiger partial charge in [-0.05, 0) is 30.9 Å². The zero-order chi connectivity index (χ0) is 15.1. The molecule has 112 valence electrons. The summed E-state index contributed by atoms with van der Waals surface area (Å²) in [4.78, 5) is 28.4. The molecule has 2 aromatic heterocycles. The van der Waals surface area contributed by atoms with Gasteiger partial charge in [-0.3, -0.25) is 4.79 Å². The van der Waals surface area contributed by atoms with Crippen molar-refractivity contribution in [3.8, 4) is 0 Å². The van der Waals surface area contributed by atoms with Crippen LogP contribution in [0.1, 0.15) is 12.8 Å². The fourth-order valence-electron chi connectivity index (χ4n) is 2.48. The van der Waals surface area contributed by atoms with Gasteiger partial charge >= 0.3 is 5.69 Å². The lowest BCUT2D eigenvalue weighted by molar-refractivity contribution is -0.121. The highest BCUT2D eigenvalue weighted by molar-refractivity contribution is 5.90. The van der Waals surface area contributed by atoms with Crippen LogP contribution in [-0.4, -0.2) is 31.6 Å². The van der Waals surface area contributed by atoms with E-state index in [1.165, 1.54) is 28.3 Å². The van der Waals surface area contributed by atoms with Crippen LogP contribution >= 0.6 is 0 Å². The molecule has 1 aliphatic rings. The van der Waals surface area contributed by atoms with Gasteiger partial charge in [-0.25, -0.2) is 18.9 Å². The summed E-state index contributed by atoms with van der Waals surface area (Å²) in [6, 6.07) is 7.48. The average molecular weight is 297 g/mol. The number of nitrogens with zero attached hydrogens (tertiary/aromatic N) is 4. The number of carbonyl (C=O) groups excluding carboxylic acids is 1. The molecule has 0 unspecified atom stereocenters. The summed E-state index contributed by atoms with van der Waals surface area (Å²) in [6.07, 6.45) is 3.80. The van der Waals surface area contributed by atoms with E-state index in [-0.39, 0.29) is 18.1 Å². The maximum atomic E-state index is 12.3. The largest absolute Gasteiger partial charge is 0.354 e. The summed E-state index contributed by atoms with van der Waals surface area (Å²) < 4.78 is 2.56. The second-order valence-corrected chi connectivity index (χ2v) is 5.64. The fraction of sp³-hybridized carbons (Fsp3) is 0.333. The Bertz CT molecular complexity index is 922. The van der Waals surface area contributed by atoms with Gasteiger partial charge in [0, 0.05) is 11.9 Å². The first kappa shape index (κ1) is 13.0. The second-order valence-electron chi connectivity index (χ2n) is 5.64. The smallest absolute Gasteiger partial charge is 0.352 e. The Morgan fingerprint density at radius 3 is 2.95 bits per heavy atom. The maximum Gasteiger partial charge on any atom is 0.352 e. The number of para-hydroxylation sites is 1. The van der Waals surface area contributed by atoms with E-state index in [0.29, 0.717) is 18.1 Å². The number of amides is 1. The molecule has 0 radical (unpaired) electrons. The lowest BCUT2D eigenvalue weighted by Gasteiger charge is -2.02. The zero-order valence-electron chi connectivity index (χ0n) is 11.9. The van der Waals surface area contributed by atoms with Crippen LogP contribution in [0.3, 0.4) is 0 Å². The van der Waals surface area contributed by atoms with Crippen LogP contribution in [0.25, 0.3) is 16.6 Å². The van der Waals surface area contributed by atoms with Gasteiger partial charge in [-0.2, -0.15) is 0 Å². The zero-order valence-corrected chi connectivity index (χ0v) is 11.9. The molecule has 0 spiro atoms. The van der Waals surface area contributed by atoms with E-state index >= 15 is 0 Å². The highest BCUT2D eigenvalue weighted by Gasteiger charge is 2.22. The van der Waals surface area contributed by atoms with Gasteiger partial charge in [0.25, 0.3) is 0 Å². The standard InChI is InChI=1S/C15H15N5O2/c21-13(16-7-10-5-6-10)8-20-15(22)19-9-17-12-4-2-1-3-11(12)14(19)18-20/h1-4,9-10H,5-8H2,(H,16,21). The normalized spacial score (nSPS) is 14.5. The van der Waals surface area contributed by atoms with Crippen LogP contribution in [-0.2, 0) is 11.3 Å². The monoisotopic (exact) mass is 297 g/mol. The van der Waals surface area contributed by atoms with Gasteiger partial charge < -0.3 is 5.32 Å². The molecule has 0 saturated heterocycles. The summed E-state index contributed by atoms with van der Waals surface area (Å²) in [5, 5.41) is 7.92. The SMILES string of the molecule is O=C(Cn1nc2c3ccccc3ncn2c1=O)NCC1CC1. The van der Waals surface area contributed by atoms with Crippen LogP contribution in [0.5, 0.6) is 0 Å². The molecule has 7 nitrogen and oxygen atoms in total. The van der Waals surface area contributed by atoms with Gasteiger partial charge in [0.2, 0.25) is 5.91 Å². The predicted octanol–water partition coefficient (Wildman–Crippen LogP) is 0.570. The molecule has 0 aliphatic heterocycles. The molecule has 0 atom stereocenters. The number of carbonyl (C=O) groups is 1. The summed E-state index contributed by atoms with van der Waals surface area (Å²) in [7, 11) is 0. The number of hydrogen-bond acceptors (Lipinski definition) is 4. The number of benzene rings is 1. The molecule has 1 aromatic carbocycles. The van der Waals surface area contributed by atoms with Gasteiger partial charge in [0.05, 0.1) is 5.52 Å². The van der Waals surface area contributed by atoms with Crippen molar-refractivity contribution in [1.29, 1.82) is 0 Å². The van der Waals surface area contributed by atoms with Crippen molar-refractivity contribution >= 4 is 22.5 Å². The molecule has 2 heterocycles. The Labute approximate surface area is 125 Å². The van der Waals surface area contributed by atoms with E-state index < -0.39 is 0 Å². The predicted molar refractivity (Wildman–Crippen MR) is 80.5 cm³/mol. The van der Waals surface area contributed by atoms with Crippen molar-refractivity contribution in [3.63, 3.8) is 0 Å². The molecule has 1 aliphatic carbocycles. The van der Waals surface area contributed by atoms with E-state index in [1.54, 1.807) is 0 Å². The lowest BCUT2D eigenvalue weighted by Crippen LogP contribution is -2.33. The Balaban J connectivity index is 1.68. The molecule has 7 heteroatoms. The molecule has 1 saturated carbocycles. The quantitative estimate of drug-likeness (QED) is 0.763. The number of nitrogens with one attached hydrogen (secondary N) is 1. The summed E-state index contributed by atoms with van der Waals surface area (Å²) >= 11 is 0. The Kier molecular flexibility index (Phi) is 2.92. The van der Waals surface area contributed by atoms with Crippen molar-refractivity contribution in [2.24, 2.45) is 5.92 Å². The van der Waals surface area contributed by atoms with Gasteiger partial charge in [-0.15, -0.1) is 5.10 Å². The number of fused-ring (bicyclic) bond motifs is 3.